The lowest BCUT2D eigenvalue weighted by Crippen LogP contribution is -2.31. The number of ether oxygens (including phenoxy) is 1. The predicted molar refractivity (Wildman–Crippen MR) is 56.9 cm³/mol. The Bertz CT molecular complexity index is 262. The molecule has 3 heteroatoms. The molecule has 0 amide bonds. The summed E-state index contributed by atoms with van der Waals surface area (Å²) in [5, 5.41) is 0. The van der Waals surface area contributed by atoms with Crippen LogP contribution in [0.5, 0.6) is 0 Å². The van der Waals surface area contributed by atoms with Crippen LogP contribution in [0.1, 0.15) is 39.0 Å². The Morgan fingerprint density at radius 2 is 2.33 bits per heavy atom. The quantitative estimate of drug-likeness (QED) is 0.674. The molecule has 1 saturated carbocycles. The fraction of sp³-hybridized carbons (Fsp3) is 0.750. The van der Waals surface area contributed by atoms with Crippen LogP contribution in [-0.4, -0.2) is 13.1 Å². The van der Waals surface area contributed by atoms with Crippen molar-refractivity contribution in [2.45, 2.75) is 39.0 Å². The van der Waals surface area contributed by atoms with Gasteiger partial charge in [-0.3, -0.25) is 4.79 Å². The van der Waals surface area contributed by atoms with Gasteiger partial charge in [-0.2, -0.15) is 0 Å². The van der Waals surface area contributed by atoms with Gasteiger partial charge in [-0.05, 0) is 18.8 Å². The SMILES string of the molecule is C=C(F)C1(CC(=O)OC)CCCC(C)C1. The Morgan fingerprint density at radius 1 is 1.67 bits per heavy atom. The number of halogens is 1. The van der Waals surface area contributed by atoms with E-state index in [9.17, 15) is 9.18 Å². The van der Waals surface area contributed by atoms with Gasteiger partial charge in [0.05, 0.1) is 19.4 Å². The van der Waals surface area contributed by atoms with E-state index in [1.54, 1.807) is 0 Å². The van der Waals surface area contributed by atoms with Crippen molar-refractivity contribution in [3.63, 3.8) is 0 Å². The number of esters is 1. The van der Waals surface area contributed by atoms with Crippen molar-refractivity contribution in [3.8, 4) is 0 Å². The molecule has 0 N–H and O–H groups in total. The standard InChI is InChI=1S/C12H19FO2/c1-9-5-4-6-12(7-9,10(2)13)8-11(14)15-3/h9H,2,4-8H2,1,3H3. The molecule has 0 bridgehead atoms. The van der Waals surface area contributed by atoms with E-state index < -0.39 is 5.41 Å². The van der Waals surface area contributed by atoms with Crippen LogP contribution in [0.25, 0.3) is 0 Å². The first kappa shape index (κ1) is 12.2. The zero-order valence-corrected chi connectivity index (χ0v) is 9.51. The first-order valence-corrected chi connectivity index (χ1v) is 5.42. The second-order valence-electron chi connectivity index (χ2n) is 4.64. The third-order valence-corrected chi connectivity index (χ3v) is 3.38. The number of carbonyl (C=O) groups is 1. The van der Waals surface area contributed by atoms with E-state index in [0.29, 0.717) is 18.8 Å². The van der Waals surface area contributed by atoms with Crippen LogP contribution < -0.4 is 0 Å². The molecule has 15 heavy (non-hydrogen) atoms. The van der Waals surface area contributed by atoms with Gasteiger partial charge in [0.25, 0.3) is 0 Å². The summed E-state index contributed by atoms with van der Waals surface area (Å²) in [5.74, 6) is -0.252. The average Bonchev–Trinajstić information content (AvgIpc) is 2.17. The highest BCUT2D eigenvalue weighted by Crippen LogP contribution is 2.47. The summed E-state index contributed by atoms with van der Waals surface area (Å²) < 4.78 is 18.1. The van der Waals surface area contributed by atoms with Gasteiger partial charge in [0.2, 0.25) is 0 Å². The van der Waals surface area contributed by atoms with E-state index in [-0.39, 0.29) is 18.2 Å². The van der Waals surface area contributed by atoms with E-state index >= 15 is 0 Å². The zero-order valence-electron chi connectivity index (χ0n) is 9.51. The second-order valence-corrected chi connectivity index (χ2v) is 4.64. The molecule has 2 nitrogen and oxygen atoms in total. The number of methoxy groups -OCH3 is 1. The first-order valence-electron chi connectivity index (χ1n) is 5.42. The van der Waals surface area contributed by atoms with Crippen LogP contribution in [0.15, 0.2) is 12.4 Å². The molecule has 1 aliphatic rings. The summed E-state index contributed by atoms with van der Waals surface area (Å²) in [5.41, 5.74) is -0.662. The Hall–Kier alpha value is -0.860. The summed E-state index contributed by atoms with van der Waals surface area (Å²) in [6.45, 7) is 5.49. The van der Waals surface area contributed by atoms with Crippen molar-refractivity contribution < 1.29 is 13.9 Å². The molecule has 86 valence electrons. The monoisotopic (exact) mass is 214 g/mol. The number of carbonyl (C=O) groups excluding carboxylic acids is 1. The van der Waals surface area contributed by atoms with Gasteiger partial charge in [0.1, 0.15) is 0 Å². The van der Waals surface area contributed by atoms with Gasteiger partial charge < -0.3 is 4.74 Å². The maximum Gasteiger partial charge on any atom is 0.306 e. The summed E-state index contributed by atoms with van der Waals surface area (Å²) in [6, 6.07) is 0. The Morgan fingerprint density at radius 3 is 2.80 bits per heavy atom. The van der Waals surface area contributed by atoms with Crippen LogP contribution >= 0.6 is 0 Å². The molecule has 0 aliphatic heterocycles. The molecule has 0 spiro atoms. The lowest BCUT2D eigenvalue weighted by atomic mass is 9.67. The molecule has 0 radical (unpaired) electrons. The largest absolute Gasteiger partial charge is 0.469 e. The van der Waals surface area contributed by atoms with Gasteiger partial charge in [-0.25, -0.2) is 4.39 Å². The molecule has 2 atom stereocenters. The minimum Gasteiger partial charge on any atom is -0.469 e. The van der Waals surface area contributed by atoms with Crippen molar-refractivity contribution in [2.75, 3.05) is 7.11 Å². The fourth-order valence-corrected chi connectivity index (χ4v) is 2.51. The van der Waals surface area contributed by atoms with Crippen molar-refractivity contribution in [2.24, 2.45) is 11.3 Å². The summed E-state index contributed by atoms with van der Waals surface area (Å²) >= 11 is 0. The Kier molecular flexibility index (Phi) is 3.89. The fourth-order valence-electron chi connectivity index (χ4n) is 2.51. The minimum absolute atomic E-state index is 0.128. The van der Waals surface area contributed by atoms with Crippen molar-refractivity contribution in [1.82, 2.24) is 0 Å². The van der Waals surface area contributed by atoms with E-state index in [2.05, 4.69) is 18.2 Å². The first-order chi connectivity index (χ1) is 7.00. The molecule has 0 aromatic rings. The smallest absolute Gasteiger partial charge is 0.306 e. The highest BCUT2D eigenvalue weighted by molar-refractivity contribution is 5.70. The molecule has 1 fully saturated rings. The normalized spacial score (nSPS) is 31.0. The third kappa shape index (κ3) is 2.80. The highest BCUT2D eigenvalue weighted by Gasteiger charge is 2.40. The van der Waals surface area contributed by atoms with Crippen LogP contribution in [0.4, 0.5) is 4.39 Å². The molecular weight excluding hydrogens is 195 g/mol. The van der Waals surface area contributed by atoms with Gasteiger partial charge in [0, 0.05) is 5.41 Å². The predicted octanol–water partition coefficient (Wildman–Crippen LogP) is 3.23. The van der Waals surface area contributed by atoms with Gasteiger partial charge in [-0.1, -0.05) is 26.3 Å². The van der Waals surface area contributed by atoms with Crippen LogP contribution in [0.2, 0.25) is 0 Å². The lowest BCUT2D eigenvalue weighted by molar-refractivity contribution is -0.143. The Labute approximate surface area is 90.5 Å². The highest BCUT2D eigenvalue weighted by atomic mass is 19.1. The van der Waals surface area contributed by atoms with Crippen molar-refractivity contribution in [1.29, 1.82) is 0 Å². The zero-order chi connectivity index (χ0) is 11.5. The number of hydrogen-bond acceptors (Lipinski definition) is 2. The lowest BCUT2D eigenvalue weighted by Gasteiger charge is -2.37. The summed E-state index contributed by atoms with van der Waals surface area (Å²) in [7, 11) is 1.34. The van der Waals surface area contributed by atoms with E-state index in [1.807, 2.05) is 0 Å². The van der Waals surface area contributed by atoms with E-state index in [4.69, 9.17) is 0 Å². The summed E-state index contributed by atoms with van der Waals surface area (Å²) in [4.78, 5) is 11.3. The van der Waals surface area contributed by atoms with E-state index in [1.165, 1.54) is 7.11 Å². The number of hydrogen-bond donors (Lipinski definition) is 0. The van der Waals surface area contributed by atoms with Crippen LogP contribution in [0.3, 0.4) is 0 Å². The van der Waals surface area contributed by atoms with Crippen LogP contribution in [-0.2, 0) is 9.53 Å². The molecule has 1 aliphatic carbocycles. The molecule has 1 rings (SSSR count). The summed E-state index contributed by atoms with van der Waals surface area (Å²) in [6.07, 6.45) is 3.61. The molecule has 0 aromatic heterocycles. The molecule has 0 aromatic carbocycles. The molecular formula is C12H19FO2. The van der Waals surface area contributed by atoms with Crippen molar-refractivity contribution >= 4 is 5.97 Å². The molecule has 0 heterocycles. The van der Waals surface area contributed by atoms with Crippen molar-refractivity contribution in [3.05, 3.63) is 12.4 Å². The molecule has 2 unspecified atom stereocenters. The minimum atomic E-state index is -0.662. The molecule has 0 saturated heterocycles. The maximum atomic E-state index is 13.5. The third-order valence-electron chi connectivity index (χ3n) is 3.38. The van der Waals surface area contributed by atoms with E-state index in [0.717, 1.165) is 12.8 Å². The second kappa shape index (κ2) is 4.77. The maximum absolute atomic E-state index is 13.5. The Balaban J connectivity index is 2.78. The van der Waals surface area contributed by atoms with Gasteiger partial charge >= 0.3 is 5.97 Å². The van der Waals surface area contributed by atoms with Gasteiger partial charge in [0.15, 0.2) is 0 Å². The van der Waals surface area contributed by atoms with Gasteiger partial charge in [-0.15, -0.1) is 0 Å². The topological polar surface area (TPSA) is 26.3 Å². The number of allylic oxidation sites excluding steroid dienone is 1. The van der Waals surface area contributed by atoms with Crippen LogP contribution in [0, 0.1) is 11.3 Å². The average molecular weight is 214 g/mol. The number of rotatable bonds is 3.